The second kappa shape index (κ2) is 6.44. The Hall–Kier alpha value is -1.14. The van der Waals surface area contributed by atoms with Gasteiger partial charge in [-0.15, -0.1) is 0 Å². The first kappa shape index (κ1) is 12.9. The van der Waals surface area contributed by atoms with Crippen molar-refractivity contribution in [3.63, 3.8) is 0 Å². The quantitative estimate of drug-likeness (QED) is 0.577. The van der Waals surface area contributed by atoms with Gasteiger partial charge in [-0.3, -0.25) is 9.59 Å². The Morgan fingerprint density at radius 1 is 1.31 bits per heavy atom. The number of hydrogen-bond acceptors (Lipinski definition) is 4. The molecule has 0 radical (unpaired) electrons. The summed E-state index contributed by atoms with van der Waals surface area (Å²) in [7, 11) is 0. The third-order valence-electron chi connectivity index (χ3n) is 2.59. The second-order valence-electron chi connectivity index (χ2n) is 3.75. The topological polar surface area (TPSA) is 81.1 Å². The third-order valence-corrected chi connectivity index (χ3v) is 2.59. The Bertz CT molecular complexity index is 251. The molecule has 6 nitrogen and oxygen atoms in total. The largest absolute Gasteiger partial charge is 0.395 e. The molecule has 2 N–H and O–H groups in total. The van der Waals surface area contributed by atoms with Gasteiger partial charge in [-0.2, -0.15) is 0 Å². The first-order valence-electron chi connectivity index (χ1n) is 5.46. The minimum atomic E-state index is -0.224. The lowest BCUT2D eigenvalue weighted by molar-refractivity contribution is -0.139. The lowest BCUT2D eigenvalue weighted by Crippen LogP contribution is -2.43. The minimum absolute atomic E-state index is 0.00120. The van der Waals surface area contributed by atoms with E-state index in [1.807, 2.05) is 0 Å². The normalized spacial score (nSPS) is 15.6. The molecule has 1 fully saturated rings. The van der Waals surface area contributed by atoms with Gasteiger partial charge in [-0.05, 0) is 6.42 Å². The lowest BCUT2D eigenvalue weighted by atomic mass is 10.4. The molecule has 1 aliphatic rings. The fourth-order valence-electron chi connectivity index (χ4n) is 1.74. The van der Waals surface area contributed by atoms with Crippen molar-refractivity contribution >= 4 is 11.8 Å². The lowest BCUT2D eigenvalue weighted by Gasteiger charge is -2.23. The minimum Gasteiger partial charge on any atom is -0.395 e. The summed E-state index contributed by atoms with van der Waals surface area (Å²) >= 11 is 0. The molecular formula is C10H18N2O4. The van der Waals surface area contributed by atoms with E-state index in [0.717, 1.165) is 6.42 Å². The van der Waals surface area contributed by atoms with Crippen molar-refractivity contribution in [2.75, 3.05) is 39.4 Å². The summed E-state index contributed by atoms with van der Waals surface area (Å²) in [6, 6.07) is 0. The van der Waals surface area contributed by atoms with Crippen LogP contribution in [-0.4, -0.2) is 71.2 Å². The molecule has 6 heteroatoms. The fourth-order valence-corrected chi connectivity index (χ4v) is 1.74. The first-order chi connectivity index (χ1) is 7.69. The second-order valence-corrected chi connectivity index (χ2v) is 3.75. The van der Waals surface area contributed by atoms with Crippen LogP contribution < -0.4 is 0 Å². The SMILES string of the molecule is O=C(CN1CCCC1=O)N(CCO)CCO. The maximum atomic E-state index is 11.7. The van der Waals surface area contributed by atoms with Crippen molar-refractivity contribution in [1.29, 1.82) is 0 Å². The molecule has 1 saturated heterocycles. The van der Waals surface area contributed by atoms with Crippen molar-refractivity contribution < 1.29 is 19.8 Å². The summed E-state index contributed by atoms with van der Waals surface area (Å²) in [5.74, 6) is -0.223. The number of rotatable bonds is 6. The highest BCUT2D eigenvalue weighted by molar-refractivity contribution is 5.85. The number of carbonyl (C=O) groups excluding carboxylic acids is 2. The molecule has 1 heterocycles. The molecule has 0 saturated carbocycles. The van der Waals surface area contributed by atoms with Crippen molar-refractivity contribution in [3.8, 4) is 0 Å². The van der Waals surface area contributed by atoms with Gasteiger partial charge in [0.05, 0.1) is 19.8 Å². The van der Waals surface area contributed by atoms with Crippen molar-refractivity contribution in [2.24, 2.45) is 0 Å². The summed E-state index contributed by atoms with van der Waals surface area (Å²) in [6.07, 6.45) is 1.30. The van der Waals surface area contributed by atoms with E-state index in [2.05, 4.69) is 0 Å². The molecule has 0 bridgehead atoms. The predicted molar refractivity (Wildman–Crippen MR) is 56.6 cm³/mol. The van der Waals surface area contributed by atoms with E-state index in [4.69, 9.17) is 10.2 Å². The maximum absolute atomic E-state index is 11.7. The summed E-state index contributed by atoms with van der Waals surface area (Å²) in [5.41, 5.74) is 0. The van der Waals surface area contributed by atoms with Crippen LogP contribution in [0.1, 0.15) is 12.8 Å². The summed E-state index contributed by atoms with van der Waals surface area (Å²) in [4.78, 5) is 25.9. The highest BCUT2D eigenvalue weighted by atomic mass is 16.3. The van der Waals surface area contributed by atoms with Gasteiger partial charge in [0.25, 0.3) is 0 Å². The third kappa shape index (κ3) is 3.46. The average molecular weight is 230 g/mol. The summed E-state index contributed by atoms with van der Waals surface area (Å²) < 4.78 is 0. The van der Waals surface area contributed by atoms with Crippen LogP contribution in [0, 0.1) is 0 Å². The van der Waals surface area contributed by atoms with Gasteiger partial charge in [0, 0.05) is 26.1 Å². The van der Waals surface area contributed by atoms with Crippen LogP contribution in [0.25, 0.3) is 0 Å². The monoisotopic (exact) mass is 230 g/mol. The Kier molecular flexibility index (Phi) is 5.21. The Morgan fingerprint density at radius 3 is 2.38 bits per heavy atom. The highest BCUT2D eigenvalue weighted by Gasteiger charge is 2.24. The zero-order valence-corrected chi connectivity index (χ0v) is 9.26. The molecule has 92 valence electrons. The molecule has 16 heavy (non-hydrogen) atoms. The highest BCUT2D eigenvalue weighted by Crippen LogP contribution is 2.09. The van der Waals surface area contributed by atoms with Gasteiger partial charge >= 0.3 is 0 Å². The Balaban J connectivity index is 2.44. The molecule has 2 amide bonds. The van der Waals surface area contributed by atoms with Gasteiger partial charge < -0.3 is 20.0 Å². The van der Waals surface area contributed by atoms with Gasteiger partial charge in [0.2, 0.25) is 11.8 Å². The molecule has 0 spiro atoms. The average Bonchev–Trinajstić information content (AvgIpc) is 2.64. The van der Waals surface area contributed by atoms with Crippen LogP contribution in [0.4, 0.5) is 0 Å². The smallest absolute Gasteiger partial charge is 0.242 e. The number of carbonyl (C=O) groups is 2. The van der Waals surface area contributed by atoms with E-state index in [1.165, 1.54) is 9.80 Å². The van der Waals surface area contributed by atoms with Gasteiger partial charge in [0.15, 0.2) is 0 Å². The number of likely N-dealkylation sites (tertiary alicyclic amines) is 1. The Morgan fingerprint density at radius 2 is 1.94 bits per heavy atom. The molecule has 1 aliphatic heterocycles. The standard InChI is InChI=1S/C10H18N2O4/c13-6-4-11(5-7-14)10(16)8-12-3-1-2-9(12)15/h13-14H,1-8H2. The van der Waals surface area contributed by atoms with Gasteiger partial charge in [0.1, 0.15) is 0 Å². The molecule has 0 unspecified atom stereocenters. The number of amides is 2. The predicted octanol–water partition coefficient (Wildman–Crippen LogP) is -1.58. The van der Waals surface area contributed by atoms with E-state index in [1.54, 1.807) is 0 Å². The molecule has 0 aromatic carbocycles. The van der Waals surface area contributed by atoms with Crippen molar-refractivity contribution in [2.45, 2.75) is 12.8 Å². The summed E-state index contributed by atoms with van der Waals surface area (Å²) in [6.45, 7) is 0.789. The molecule has 0 aromatic rings. The van der Waals surface area contributed by atoms with Crippen LogP contribution in [0.15, 0.2) is 0 Å². The van der Waals surface area contributed by atoms with Crippen LogP contribution in [0.5, 0.6) is 0 Å². The van der Waals surface area contributed by atoms with E-state index in [9.17, 15) is 9.59 Å². The van der Waals surface area contributed by atoms with Crippen LogP contribution >= 0.6 is 0 Å². The molecule has 1 rings (SSSR count). The van der Waals surface area contributed by atoms with E-state index in [0.29, 0.717) is 13.0 Å². The van der Waals surface area contributed by atoms with Crippen molar-refractivity contribution in [3.05, 3.63) is 0 Å². The fraction of sp³-hybridized carbons (Fsp3) is 0.800. The molecule has 0 aliphatic carbocycles. The summed E-state index contributed by atoms with van der Waals surface area (Å²) in [5, 5.41) is 17.5. The number of aliphatic hydroxyl groups is 2. The Labute approximate surface area is 94.4 Å². The van der Waals surface area contributed by atoms with E-state index >= 15 is 0 Å². The number of nitrogens with zero attached hydrogens (tertiary/aromatic N) is 2. The van der Waals surface area contributed by atoms with Gasteiger partial charge in [-0.1, -0.05) is 0 Å². The van der Waals surface area contributed by atoms with Crippen LogP contribution in [0.2, 0.25) is 0 Å². The van der Waals surface area contributed by atoms with Gasteiger partial charge in [-0.25, -0.2) is 0 Å². The number of hydrogen-bond donors (Lipinski definition) is 2. The molecule has 0 aromatic heterocycles. The van der Waals surface area contributed by atoms with Crippen LogP contribution in [0.3, 0.4) is 0 Å². The zero-order valence-electron chi connectivity index (χ0n) is 9.26. The molecule has 0 atom stereocenters. The first-order valence-corrected chi connectivity index (χ1v) is 5.46. The van der Waals surface area contributed by atoms with Crippen molar-refractivity contribution in [1.82, 2.24) is 9.80 Å². The number of aliphatic hydroxyl groups excluding tert-OH is 2. The molecular weight excluding hydrogens is 212 g/mol. The zero-order chi connectivity index (χ0) is 12.0. The van der Waals surface area contributed by atoms with E-state index in [-0.39, 0.29) is 44.7 Å². The van der Waals surface area contributed by atoms with Crippen LogP contribution in [-0.2, 0) is 9.59 Å². The maximum Gasteiger partial charge on any atom is 0.242 e. The van der Waals surface area contributed by atoms with E-state index < -0.39 is 0 Å².